The molecule has 0 aromatic carbocycles. The van der Waals surface area contributed by atoms with Crippen molar-refractivity contribution < 1.29 is 49.2 Å². The summed E-state index contributed by atoms with van der Waals surface area (Å²) in [7, 11) is 1.10. The Morgan fingerprint density at radius 2 is 1.17 bits per heavy atom. The molecule has 0 saturated heterocycles. The van der Waals surface area contributed by atoms with Crippen molar-refractivity contribution in [3.8, 4) is 0 Å². The SMILES string of the molecule is CCCCCC(NC(=O)[B]NCCCCC(NC(=O)NC(CCC(=O)O)C(=O)O)C(=O)O)C(=O)O. The molecular formula is C20H34BN4O10. The van der Waals surface area contributed by atoms with Gasteiger partial charge in [-0.25, -0.2) is 19.2 Å². The van der Waals surface area contributed by atoms with Gasteiger partial charge >= 0.3 is 37.3 Å². The van der Waals surface area contributed by atoms with E-state index in [1.807, 2.05) is 12.2 Å². The van der Waals surface area contributed by atoms with E-state index in [2.05, 4.69) is 15.9 Å². The Bertz CT molecular complexity index is 737. The number of rotatable bonds is 20. The molecule has 14 nitrogen and oxygen atoms in total. The second-order valence-electron chi connectivity index (χ2n) is 7.82. The Morgan fingerprint density at radius 1 is 0.686 bits per heavy atom. The number of carbonyl (C=O) groups excluding carboxylic acids is 2. The van der Waals surface area contributed by atoms with E-state index in [0.29, 0.717) is 25.7 Å². The van der Waals surface area contributed by atoms with Crippen LogP contribution in [0.2, 0.25) is 0 Å². The lowest BCUT2D eigenvalue weighted by Crippen LogP contribution is -2.51. The molecule has 0 bridgehead atoms. The van der Waals surface area contributed by atoms with Crippen molar-refractivity contribution >= 4 is 43.1 Å². The first-order chi connectivity index (χ1) is 16.5. The molecule has 0 aliphatic heterocycles. The molecule has 35 heavy (non-hydrogen) atoms. The van der Waals surface area contributed by atoms with Gasteiger partial charge in [-0.05, 0) is 38.6 Å². The highest BCUT2D eigenvalue weighted by molar-refractivity contribution is 6.71. The molecule has 0 fully saturated rings. The fourth-order valence-electron chi connectivity index (χ4n) is 2.95. The van der Waals surface area contributed by atoms with E-state index in [0.717, 1.165) is 20.3 Å². The number of carboxylic acids is 4. The number of urea groups is 1. The minimum Gasteiger partial charge on any atom is -0.481 e. The summed E-state index contributed by atoms with van der Waals surface area (Å²) in [4.78, 5) is 68.1. The van der Waals surface area contributed by atoms with Crippen LogP contribution in [-0.4, -0.2) is 88.2 Å². The van der Waals surface area contributed by atoms with Gasteiger partial charge in [0.05, 0.1) is 0 Å². The summed E-state index contributed by atoms with van der Waals surface area (Å²) in [5.41, 5.74) is 0. The molecule has 1 radical (unpaired) electrons. The van der Waals surface area contributed by atoms with Crippen molar-refractivity contribution in [2.24, 2.45) is 0 Å². The first kappa shape index (κ1) is 31.6. The lowest BCUT2D eigenvalue weighted by Gasteiger charge is -2.18. The molecule has 15 heteroatoms. The van der Waals surface area contributed by atoms with Crippen molar-refractivity contribution in [1.29, 1.82) is 0 Å². The molecule has 3 atom stereocenters. The monoisotopic (exact) mass is 501 g/mol. The van der Waals surface area contributed by atoms with E-state index in [1.54, 1.807) is 0 Å². The summed E-state index contributed by atoms with van der Waals surface area (Å²) in [6.45, 7) is 2.27. The van der Waals surface area contributed by atoms with Crippen LogP contribution in [-0.2, 0) is 19.2 Å². The maximum Gasteiger partial charge on any atom is 0.326 e. The van der Waals surface area contributed by atoms with E-state index in [9.17, 15) is 33.9 Å². The fraction of sp³-hybridized carbons (Fsp3) is 0.700. The molecule has 3 amide bonds. The van der Waals surface area contributed by atoms with Crippen LogP contribution in [0.1, 0.15) is 64.7 Å². The Kier molecular flexibility index (Phi) is 16.3. The van der Waals surface area contributed by atoms with Crippen LogP contribution in [0.25, 0.3) is 0 Å². The summed E-state index contributed by atoms with van der Waals surface area (Å²) >= 11 is 0. The molecule has 0 heterocycles. The zero-order chi connectivity index (χ0) is 26.8. The largest absolute Gasteiger partial charge is 0.481 e. The van der Waals surface area contributed by atoms with E-state index < -0.39 is 60.3 Å². The normalized spacial score (nSPS) is 13.1. The molecule has 3 unspecified atom stereocenters. The van der Waals surface area contributed by atoms with Crippen LogP contribution < -0.4 is 21.2 Å². The molecule has 0 aromatic rings. The van der Waals surface area contributed by atoms with Crippen LogP contribution in [0, 0.1) is 0 Å². The number of nitrogens with one attached hydrogen (secondary N) is 4. The highest BCUT2D eigenvalue weighted by atomic mass is 16.4. The molecular weight excluding hydrogens is 467 g/mol. The lowest BCUT2D eigenvalue weighted by atomic mass is 9.92. The van der Waals surface area contributed by atoms with Gasteiger partial charge < -0.3 is 41.6 Å². The topological polar surface area (TPSA) is 231 Å². The van der Waals surface area contributed by atoms with Gasteiger partial charge in [-0.3, -0.25) is 9.59 Å². The Morgan fingerprint density at radius 3 is 1.66 bits per heavy atom. The van der Waals surface area contributed by atoms with Crippen molar-refractivity contribution in [2.75, 3.05) is 6.54 Å². The van der Waals surface area contributed by atoms with Gasteiger partial charge in [-0.1, -0.05) is 26.2 Å². The first-order valence-electron chi connectivity index (χ1n) is 11.3. The molecule has 8 N–H and O–H groups in total. The predicted octanol–water partition coefficient (Wildman–Crippen LogP) is 0.179. The number of aliphatic carboxylic acids is 4. The van der Waals surface area contributed by atoms with Crippen molar-refractivity contribution in [3.05, 3.63) is 0 Å². The third-order valence-corrected chi connectivity index (χ3v) is 4.86. The standard InChI is InChI=1S/C20H34BN4O10/c1-2-3-4-7-12(16(28)29)23-19(34)21-22-11-6-5-8-13(17(30)31)24-20(35)25-14(18(32)33)9-10-15(26)27/h12-14,22H,2-11H2,1H3,(H,23,34)(H,26,27)(H,28,29)(H,30,31)(H,32,33)(H2,24,25,35). The maximum atomic E-state index is 11.9. The van der Waals surface area contributed by atoms with Crippen LogP contribution in [0.5, 0.6) is 0 Å². The number of hydrogen-bond acceptors (Lipinski definition) is 7. The number of amides is 3. The summed E-state index contributed by atoms with van der Waals surface area (Å²) in [6, 6.07) is -4.83. The smallest absolute Gasteiger partial charge is 0.326 e. The van der Waals surface area contributed by atoms with Gasteiger partial charge in [-0.2, -0.15) is 0 Å². The first-order valence-corrected chi connectivity index (χ1v) is 11.3. The minimum absolute atomic E-state index is 0.0159. The predicted molar refractivity (Wildman–Crippen MR) is 123 cm³/mol. The molecule has 0 rings (SSSR count). The van der Waals surface area contributed by atoms with E-state index in [4.69, 9.17) is 15.3 Å². The third kappa shape index (κ3) is 16.0. The number of unbranched alkanes of at least 4 members (excludes halogenated alkanes) is 3. The van der Waals surface area contributed by atoms with Gasteiger partial charge in [0, 0.05) is 6.42 Å². The van der Waals surface area contributed by atoms with Crippen LogP contribution in [0.4, 0.5) is 9.59 Å². The molecule has 197 valence electrons. The zero-order valence-corrected chi connectivity index (χ0v) is 19.6. The summed E-state index contributed by atoms with van der Waals surface area (Å²) in [5.74, 6) is -5.73. The van der Waals surface area contributed by atoms with Crippen LogP contribution in [0.3, 0.4) is 0 Å². The molecule has 0 aliphatic rings. The number of hydrogen-bond donors (Lipinski definition) is 8. The molecule has 0 aliphatic carbocycles. The van der Waals surface area contributed by atoms with Crippen molar-refractivity contribution in [3.63, 3.8) is 0 Å². The van der Waals surface area contributed by atoms with Crippen molar-refractivity contribution in [1.82, 2.24) is 21.2 Å². The van der Waals surface area contributed by atoms with Crippen LogP contribution in [0.15, 0.2) is 0 Å². The molecule has 0 aromatic heterocycles. The molecule has 0 saturated carbocycles. The minimum atomic E-state index is -1.49. The molecule has 0 spiro atoms. The highest BCUT2D eigenvalue weighted by Gasteiger charge is 2.25. The maximum absolute atomic E-state index is 11.9. The van der Waals surface area contributed by atoms with Crippen molar-refractivity contribution in [2.45, 2.75) is 82.8 Å². The summed E-state index contributed by atoms with van der Waals surface area (Å²) < 4.78 is 0. The second-order valence-corrected chi connectivity index (χ2v) is 7.82. The summed E-state index contributed by atoms with van der Waals surface area (Å²) in [5, 5.41) is 45.4. The van der Waals surface area contributed by atoms with Crippen LogP contribution >= 0.6 is 0 Å². The zero-order valence-electron chi connectivity index (χ0n) is 19.6. The number of carbonyl (C=O) groups is 6. The van der Waals surface area contributed by atoms with Gasteiger partial charge in [0.15, 0.2) is 5.81 Å². The van der Waals surface area contributed by atoms with Gasteiger partial charge in [0.1, 0.15) is 18.1 Å². The average molecular weight is 501 g/mol. The Hall–Kier alpha value is -3.36. The van der Waals surface area contributed by atoms with Gasteiger partial charge in [0.2, 0.25) is 0 Å². The highest BCUT2D eigenvalue weighted by Crippen LogP contribution is 2.04. The van der Waals surface area contributed by atoms with Gasteiger partial charge in [-0.15, -0.1) is 0 Å². The Labute approximate surface area is 203 Å². The fourth-order valence-corrected chi connectivity index (χ4v) is 2.95. The van der Waals surface area contributed by atoms with E-state index >= 15 is 0 Å². The van der Waals surface area contributed by atoms with Gasteiger partial charge in [0.25, 0.3) is 0 Å². The lowest BCUT2D eigenvalue weighted by molar-refractivity contribution is -0.141. The Balaban J connectivity index is 4.33. The van der Waals surface area contributed by atoms with E-state index in [1.165, 1.54) is 0 Å². The van der Waals surface area contributed by atoms with E-state index in [-0.39, 0.29) is 19.4 Å². The quantitative estimate of drug-likeness (QED) is 0.0828. The second kappa shape index (κ2) is 18.0. The number of carboxylic acid groups (broad SMARTS) is 4. The average Bonchev–Trinajstić information content (AvgIpc) is 2.76. The summed E-state index contributed by atoms with van der Waals surface area (Å²) in [6.07, 6.45) is 2.70. The third-order valence-electron chi connectivity index (χ3n) is 4.86.